The van der Waals surface area contributed by atoms with E-state index < -0.39 is 24.2 Å². The molecule has 2 rings (SSSR count). The van der Waals surface area contributed by atoms with E-state index in [0.29, 0.717) is 11.3 Å². The number of carbonyl (C=O) groups excluding carboxylic acids is 3. The van der Waals surface area contributed by atoms with Crippen LogP contribution in [0.15, 0.2) is 42.5 Å². The molecule has 0 radical (unpaired) electrons. The van der Waals surface area contributed by atoms with E-state index in [0.717, 1.165) is 6.07 Å². The minimum absolute atomic E-state index is 0.152. The molecule has 0 aromatic heterocycles. The first-order chi connectivity index (χ1) is 11.4. The topological polar surface area (TPSA) is 72.5 Å². The smallest absolute Gasteiger partial charge is 0.341 e. The van der Waals surface area contributed by atoms with Crippen LogP contribution in [0.1, 0.15) is 27.6 Å². The maximum Gasteiger partial charge on any atom is 0.341 e. The van der Waals surface area contributed by atoms with Gasteiger partial charge in [0, 0.05) is 23.2 Å². The van der Waals surface area contributed by atoms with Gasteiger partial charge >= 0.3 is 5.97 Å². The molecule has 0 saturated carbocycles. The van der Waals surface area contributed by atoms with E-state index in [1.807, 2.05) is 0 Å². The molecule has 0 fully saturated rings. The van der Waals surface area contributed by atoms with Gasteiger partial charge in [0.25, 0.3) is 0 Å². The molecule has 2 aromatic carbocycles. The van der Waals surface area contributed by atoms with Crippen LogP contribution < -0.4 is 5.32 Å². The third-order valence-electron chi connectivity index (χ3n) is 3.01. The highest BCUT2D eigenvalue weighted by molar-refractivity contribution is 6.30. The van der Waals surface area contributed by atoms with Gasteiger partial charge in [0.1, 0.15) is 5.82 Å². The Morgan fingerprint density at radius 2 is 1.79 bits per heavy atom. The number of rotatable bonds is 5. The SMILES string of the molecule is CC(=O)Nc1ccc(C(=O)COC(=O)c2ccc(Cl)cc2F)cc1. The molecule has 0 spiro atoms. The largest absolute Gasteiger partial charge is 0.454 e. The van der Waals surface area contributed by atoms with Crippen LogP contribution in [0.2, 0.25) is 5.02 Å². The Bertz CT molecular complexity index is 790. The van der Waals surface area contributed by atoms with Crippen molar-refractivity contribution in [1.82, 2.24) is 0 Å². The molecule has 0 atom stereocenters. The number of halogens is 2. The predicted molar refractivity (Wildman–Crippen MR) is 86.8 cm³/mol. The monoisotopic (exact) mass is 349 g/mol. The van der Waals surface area contributed by atoms with Crippen molar-refractivity contribution in [3.63, 3.8) is 0 Å². The van der Waals surface area contributed by atoms with Crippen LogP contribution in [0.3, 0.4) is 0 Å². The van der Waals surface area contributed by atoms with Crippen molar-refractivity contribution < 1.29 is 23.5 Å². The summed E-state index contributed by atoms with van der Waals surface area (Å²) in [6.45, 7) is 0.842. The number of nitrogens with one attached hydrogen (secondary N) is 1. The summed E-state index contributed by atoms with van der Waals surface area (Å²) in [5.41, 5.74) is 0.543. The Balaban J connectivity index is 1.97. The van der Waals surface area contributed by atoms with Crippen LogP contribution >= 0.6 is 11.6 Å². The van der Waals surface area contributed by atoms with Gasteiger partial charge in [-0.3, -0.25) is 9.59 Å². The molecule has 7 heteroatoms. The van der Waals surface area contributed by atoms with Crippen LogP contribution in [-0.4, -0.2) is 24.3 Å². The Morgan fingerprint density at radius 3 is 2.38 bits per heavy atom. The van der Waals surface area contributed by atoms with Crippen molar-refractivity contribution >= 4 is 34.9 Å². The molecule has 0 saturated heterocycles. The zero-order valence-corrected chi connectivity index (χ0v) is 13.4. The number of ketones is 1. The molecule has 2 aromatic rings. The molecule has 1 amide bonds. The summed E-state index contributed by atoms with van der Waals surface area (Å²) in [5, 5.41) is 2.72. The molecule has 0 aliphatic carbocycles. The number of anilines is 1. The van der Waals surface area contributed by atoms with E-state index >= 15 is 0 Å². The Morgan fingerprint density at radius 1 is 1.12 bits per heavy atom. The van der Waals surface area contributed by atoms with Gasteiger partial charge in [-0.1, -0.05) is 11.6 Å². The maximum absolute atomic E-state index is 13.6. The fourth-order valence-corrected chi connectivity index (χ4v) is 2.05. The van der Waals surface area contributed by atoms with Gasteiger partial charge < -0.3 is 10.1 Å². The average molecular weight is 350 g/mol. The minimum Gasteiger partial charge on any atom is -0.454 e. The van der Waals surface area contributed by atoms with Crippen LogP contribution in [0.4, 0.5) is 10.1 Å². The number of hydrogen-bond donors (Lipinski definition) is 1. The molecule has 124 valence electrons. The molecular formula is C17H13ClFNO4. The summed E-state index contributed by atoms with van der Waals surface area (Å²) in [4.78, 5) is 34.7. The highest BCUT2D eigenvalue weighted by atomic mass is 35.5. The lowest BCUT2D eigenvalue weighted by Crippen LogP contribution is -2.15. The van der Waals surface area contributed by atoms with Crippen molar-refractivity contribution in [2.75, 3.05) is 11.9 Å². The molecule has 24 heavy (non-hydrogen) atoms. The number of ether oxygens (including phenoxy) is 1. The van der Waals surface area contributed by atoms with E-state index in [-0.39, 0.29) is 16.5 Å². The number of carbonyl (C=O) groups is 3. The van der Waals surface area contributed by atoms with Crippen molar-refractivity contribution in [3.05, 3.63) is 64.4 Å². The van der Waals surface area contributed by atoms with Gasteiger partial charge in [0.05, 0.1) is 5.56 Å². The number of amides is 1. The number of esters is 1. The Hall–Kier alpha value is -2.73. The first kappa shape index (κ1) is 17.6. The third-order valence-corrected chi connectivity index (χ3v) is 3.25. The second-order valence-corrected chi connectivity index (χ2v) is 5.32. The van der Waals surface area contributed by atoms with E-state index in [1.165, 1.54) is 31.2 Å². The van der Waals surface area contributed by atoms with Gasteiger partial charge in [-0.15, -0.1) is 0 Å². The van der Waals surface area contributed by atoms with Crippen molar-refractivity contribution in [3.8, 4) is 0 Å². The fraction of sp³-hybridized carbons (Fsp3) is 0.118. The van der Waals surface area contributed by atoms with Crippen molar-refractivity contribution in [2.45, 2.75) is 6.92 Å². The zero-order valence-electron chi connectivity index (χ0n) is 12.6. The normalized spacial score (nSPS) is 10.1. The van der Waals surface area contributed by atoms with Gasteiger partial charge in [-0.25, -0.2) is 9.18 Å². The van der Waals surface area contributed by atoms with Gasteiger partial charge in [-0.05, 0) is 42.5 Å². The Kier molecular flexibility index (Phi) is 5.65. The van der Waals surface area contributed by atoms with Crippen LogP contribution in [-0.2, 0) is 9.53 Å². The summed E-state index contributed by atoms with van der Waals surface area (Å²) in [5.74, 6) is -2.45. The first-order valence-electron chi connectivity index (χ1n) is 6.90. The van der Waals surface area contributed by atoms with Crippen LogP contribution in [0, 0.1) is 5.82 Å². The first-order valence-corrected chi connectivity index (χ1v) is 7.27. The minimum atomic E-state index is -0.951. The number of hydrogen-bond acceptors (Lipinski definition) is 4. The second-order valence-electron chi connectivity index (χ2n) is 4.88. The summed E-state index contributed by atoms with van der Waals surface area (Å²) in [7, 11) is 0. The van der Waals surface area contributed by atoms with Gasteiger partial charge in [0.2, 0.25) is 5.91 Å². The van der Waals surface area contributed by atoms with Gasteiger partial charge in [-0.2, -0.15) is 0 Å². The molecule has 0 aliphatic heterocycles. The molecule has 0 bridgehead atoms. The summed E-state index contributed by atoms with van der Waals surface area (Å²) >= 11 is 5.60. The highest BCUT2D eigenvalue weighted by Gasteiger charge is 2.16. The van der Waals surface area contributed by atoms with Crippen LogP contribution in [0.25, 0.3) is 0 Å². The van der Waals surface area contributed by atoms with Crippen molar-refractivity contribution in [1.29, 1.82) is 0 Å². The zero-order chi connectivity index (χ0) is 17.7. The quantitative estimate of drug-likeness (QED) is 0.662. The highest BCUT2D eigenvalue weighted by Crippen LogP contribution is 2.16. The lowest BCUT2D eigenvalue weighted by atomic mass is 10.1. The van der Waals surface area contributed by atoms with E-state index in [4.69, 9.17) is 16.3 Å². The van der Waals surface area contributed by atoms with Crippen LogP contribution in [0.5, 0.6) is 0 Å². The van der Waals surface area contributed by atoms with E-state index in [2.05, 4.69) is 5.32 Å². The average Bonchev–Trinajstić information content (AvgIpc) is 2.52. The lowest BCUT2D eigenvalue weighted by molar-refractivity contribution is -0.114. The molecule has 5 nitrogen and oxygen atoms in total. The molecule has 0 aliphatic rings. The lowest BCUT2D eigenvalue weighted by Gasteiger charge is -2.06. The Labute approximate surface area is 142 Å². The summed E-state index contributed by atoms with van der Waals surface area (Å²) < 4.78 is 18.4. The molecule has 0 heterocycles. The predicted octanol–water partition coefficient (Wildman–Crippen LogP) is 3.48. The van der Waals surface area contributed by atoms with E-state index in [1.54, 1.807) is 12.1 Å². The standard InChI is InChI=1S/C17H13ClFNO4/c1-10(21)20-13-5-2-11(3-6-13)16(22)9-24-17(23)14-7-4-12(18)8-15(14)19/h2-8H,9H2,1H3,(H,20,21). The summed E-state index contributed by atoms with van der Waals surface area (Å²) in [6, 6.07) is 9.61. The maximum atomic E-state index is 13.6. The molecule has 1 N–H and O–H groups in total. The summed E-state index contributed by atoms with van der Waals surface area (Å²) in [6.07, 6.45) is 0. The fourth-order valence-electron chi connectivity index (χ4n) is 1.89. The third kappa shape index (κ3) is 4.63. The van der Waals surface area contributed by atoms with E-state index in [9.17, 15) is 18.8 Å². The van der Waals surface area contributed by atoms with Gasteiger partial charge in [0.15, 0.2) is 12.4 Å². The number of Topliss-reactive ketones (excluding diaryl/α,β-unsaturated/α-hetero) is 1. The molecular weight excluding hydrogens is 337 g/mol. The second kappa shape index (κ2) is 7.70. The molecule has 0 unspecified atom stereocenters. The number of benzene rings is 2. The van der Waals surface area contributed by atoms with Crippen molar-refractivity contribution in [2.24, 2.45) is 0 Å².